The summed E-state index contributed by atoms with van der Waals surface area (Å²) < 4.78 is 41.3. The third-order valence-corrected chi connectivity index (χ3v) is 8.43. The lowest BCUT2D eigenvalue weighted by Crippen LogP contribution is -2.52. The van der Waals surface area contributed by atoms with Crippen LogP contribution in [-0.4, -0.2) is 57.7 Å². The highest BCUT2D eigenvalue weighted by molar-refractivity contribution is 5.87. The van der Waals surface area contributed by atoms with Gasteiger partial charge in [-0.15, -0.1) is 0 Å². The summed E-state index contributed by atoms with van der Waals surface area (Å²) in [7, 11) is 1.29. The molecule has 3 aromatic rings. The SMILES string of the molecule is COC(=O)Cc1cnc2n1C[C@H](c1cccc(F)c1F)CC[C@H]2NC(=O)N1CCC2(CC1)OC(=O)Nc1ncccc12. The summed E-state index contributed by atoms with van der Waals surface area (Å²) in [5.74, 6) is -1.72. The van der Waals surface area contributed by atoms with Crippen LogP contribution in [0.25, 0.3) is 0 Å². The lowest BCUT2D eigenvalue weighted by atomic mass is 9.83. The number of pyridine rings is 1. The van der Waals surface area contributed by atoms with Crippen LogP contribution in [0.3, 0.4) is 0 Å². The van der Waals surface area contributed by atoms with Crippen molar-refractivity contribution in [3.05, 3.63) is 77.0 Å². The lowest BCUT2D eigenvalue weighted by molar-refractivity contribution is -0.139. The molecule has 6 rings (SSSR count). The van der Waals surface area contributed by atoms with Crippen LogP contribution >= 0.6 is 0 Å². The fraction of sp³-hybridized carbons (Fsp3) is 0.414. The molecule has 0 aliphatic carbocycles. The van der Waals surface area contributed by atoms with E-state index in [0.29, 0.717) is 56.1 Å². The van der Waals surface area contributed by atoms with Gasteiger partial charge in [-0.25, -0.2) is 28.3 Å². The summed E-state index contributed by atoms with van der Waals surface area (Å²) in [6, 6.07) is 6.90. The van der Waals surface area contributed by atoms with Crippen LogP contribution < -0.4 is 10.6 Å². The third-order valence-electron chi connectivity index (χ3n) is 8.43. The molecule has 1 fully saturated rings. The molecule has 3 amide bonds. The van der Waals surface area contributed by atoms with Crippen molar-refractivity contribution in [3.8, 4) is 0 Å². The molecule has 0 unspecified atom stereocenters. The van der Waals surface area contributed by atoms with Gasteiger partial charge in [-0.05, 0) is 36.6 Å². The Morgan fingerprint density at radius 2 is 1.98 bits per heavy atom. The number of methoxy groups -OCH3 is 1. The number of esters is 1. The Hall–Kier alpha value is -4.55. The molecule has 2 aromatic heterocycles. The van der Waals surface area contributed by atoms with Crippen LogP contribution in [0.5, 0.6) is 0 Å². The number of hydrogen-bond acceptors (Lipinski definition) is 7. The molecular formula is C29H30F2N6O5. The standard InChI is InChI=1S/C29H30F2N6O5/c1-41-23(38)14-18-15-33-26-22(8-7-17(16-37(18)26)19-4-2-6-21(30)24(19)31)34-27(39)36-12-9-29(10-13-36)20-5-3-11-32-25(20)35-28(40)42-29/h2-6,11,15,17,22H,7-10,12-14,16H2,1H3,(H,34,39)(H,32,35,40)/t17-,22-/m1/s1. The summed E-state index contributed by atoms with van der Waals surface area (Å²) in [5, 5.41) is 5.70. The molecule has 3 aliphatic heterocycles. The first kappa shape index (κ1) is 27.6. The van der Waals surface area contributed by atoms with Gasteiger partial charge in [0.25, 0.3) is 0 Å². The van der Waals surface area contributed by atoms with Crippen molar-refractivity contribution >= 4 is 23.9 Å². The minimum absolute atomic E-state index is 0.0549. The number of carbonyl (C=O) groups excluding carboxylic acids is 3. The number of anilines is 1. The number of piperidine rings is 1. The van der Waals surface area contributed by atoms with Crippen molar-refractivity contribution in [3.63, 3.8) is 0 Å². The van der Waals surface area contributed by atoms with Gasteiger partial charge in [0.15, 0.2) is 11.6 Å². The predicted octanol–water partition coefficient (Wildman–Crippen LogP) is 4.15. The summed E-state index contributed by atoms with van der Waals surface area (Å²) >= 11 is 0. The summed E-state index contributed by atoms with van der Waals surface area (Å²) in [6.07, 6.45) is 4.19. The minimum Gasteiger partial charge on any atom is -0.469 e. The van der Waals surface area contributed by atoms with Crippen molar-refractivity contribution < 1.29 is 32.6 Å². The number of ether oxygens (including phenoxy) is 2. The predicted molar refractivity (Wildman–Crippen MR) is 144 cm³/mol. The number of benzene rings is 1. The Morgan fingerprint density at radius 3 is 2.76 bits per heavy atom. The highest BCUT2D eigenvalue weighted by atomic mass is 19.2. The van der Waals surface area contributed by atoms with Crippen LogP contribution in [0.4, 0.5) is 24.2 Å². The normalized spacial score (nSPS) is 20.9. The zero-order valence-electron chi connectivity index (χ0n) is 22.9. The number of nitrogens with zero attached hydrogens (tertiary/aromatic N) is 4. The van der Waals surface area contributed by atoms with Gasteiger partial charge in [0.1, 0.15) is 17.2 Å². The van der Waals surface area contributed by atoms with E-state index in [-0.39, 0.29) is 24.6 Å². The Kier molecular flexibility index (Phi) is 7.25. The Labute approximate surface area is 240 Å². The smallest absolute Gasteiger partial charge is 0.413 e. The average molecular weight is 581 g/mol. The number of nitrogens with one attached hydrogen (secondary N) is 2. The molecule has 1 spiro atoms. The molecule has 11 nitrogen and oxygen atoms in total. The fourth-order valence-electron chi connectivity index (χ4n) is 6.22. The van der Waals surface area contributed by atoms with E-state index < -0.39 is 41.3 Å². The van der Waals surface area contributed by atoms with Crippen LogP contribution in [0, 0.1) is 11.6 Å². The molecule has 13 heteroatoms. The van der Waals surface area contributed by atoms with Gasteiger partial charge < -0.3 is 24.3 Å². The van der Waals surface area contributed by atoms with Crippen LogP contribution in [-0.2, 0) is 32.8 Å². The summed E-state index contributed by atoms with van der Waals surface area (Å²) in [5.41, 5.74) is 0.703. The second-order valence-corrected chi connectivity index (χ2v) is 10.8. The molecule has 1 saturated heterocycles. The lowest BCUT2D eigenvalue weighted by Gasteiger charge is -2.43. The summed E-state index contributed by atoms with van der Waals surface area (Å²) in [4.78, 5) is 48.3. The van der Waals surface area contributed by atoms with Crippen LogP contribution in [0.15, 0.2) is 42.7 Å². The molecule has 5 heterocycles. The Bertz CT molecular complexity index is 1540. The first-order chi connectivity index (χ1) is 20.3. The van der Waals surface area contributed by atoms with E-state index >= 15 is 0 Å². The molecule has 42 heavy (non-hydrogen) atoms. The topological polar surface area (TPSA) is 128 Å². The maximum atomic E-state index is 14.8. The van der Waals surface area contributed by atoms with E-state index in [4.69, 9.17) is 9.47 Å². The third kappa shape index (κ3) is 5.03. The van der Waals surface area contributed by atoms with E-state index in [2.05, 4.69) is 20.6 Å². The Morgan fingerprint density at radius 1 is 1.17 bits per heavy atom. The molecule has 1 aromatic carbocycles. The summed E-state index contributed by atoms with van der Waals surface area (Å²) in [6.45, 7) is 0.923. The van der Waals surface area contributed by atoms with Crippen molar-refractivity contribution in [2.75, 3.05) is 25.5 Å². The number of likely N-dealkylation sites (tertiary alicyclic amines) is 1. The number of fused-ring (bicyclic) bond motifs is 3. The van der Waals surface area contributed by atoms with Crippen molar-refractivity contribution in [1.82, 2.24) is 24.8 Å². The number of imidazole rings is 1. The number of aromatic nitrogens is 3. The zero-order chi connectivity index (χ0) is 29.4. The number of hydrogen-bond donors (Lipinski definition) is 2. The second-order valence-electron chi connectivity index (χ2n) is 10.8. The molecule has 0 bridgehead atoms. The average Bonchev–Trinajstić information content (AvgIpc) is 3.28. The number of halogens is 2. The van der Waals surface area contributed by atoms with Gasteiger partial charge in [-0.3, -0.25) is 10.1 Å². The molecule has 0 saturated carbocycles. The number of urea groups is 1. The monoisotopic (exact) mass is 580 g/mol. The molecule has 3 aliphatic rings. The zero-order valence-corrected chi connectivity index (χ0v) is 22.9. The highest BCUT2D eigenvalue weighted by Gasteiger charge is 2.46. The van der Waals surface area contributed by atoms with E-state index in [1.807, 2.05) is 6.07 Å². The van der Waals surface area contributed by atoms with Crippen LogP contribution in [0.1, 0.15) is 60.3 Å². The first-order valence-corrected chi connectivity index (χ1v) is 13.8. The van der Waals surface area contributed by atoms with E-state index in [1.165, 1.54) is 13.2 Å². The highest BCUT2D eigenvalue weighted by Crippen LogP contribution is 2.43. The number of rotatable bonds is 4. The minimum atomic E-state index is -0.928. The number of amides is 3. The maximum absolute atomic E-state index is 14.8. The second kappa shape index (κ2) is 11.0. The maximum Gasteiger partial charge on any atom is 0.413 e. The van der Waals surface area contributed by atoms with Gasteiger partial charge >= 0.3 is 18.1 Å². The molecular weight excluding hydrogens is 550 g/mol. The van der Waals surface area contributed by atoms with Gasteiger partial charge in [0, 0.05) is 62.0 Å². The van der Waals surface area contributed by atoms with Crippen molar-refractivity contribution in [2.24, 2.45) is 0 Å². The number of carbonyl (C=O) groups is 3. The van der Waals surface area contributed by atoms with Gasteiger partial charge in [-0.1, -0.05) is 12.1 Å². The molecule has 2 N–H and O–H groups in total. The largest absolute Gasteiger partial charge is 0.469 e. The van der Waals surface area contributed by atoms with Crippen molar-refractivity contribution in [1.29, 1.82) is 0 Å². The van der Waals surface area contributed by atoms with Crippen LogP contribution in [0.2, 0.25) is 0 Å². The quantitative estimate of drug-likeness (QED) is 0.444. The van der Waals surface area contributed by atoms with Gasteiger partial charge in [0.2, 0.25) is 0 Å². The fourth-order valence-corrected chi connectivity index (χ4v) is 6.22. The molecule has 2 atom stereocenters. The molecule has 0 radical (unpaired) electrons. The van der Waals surface area contributed by atoms with Crippen molar-refractivity contribution in [2.45, 2.75) is 56.2 Å². The van der Waals surface area contributed by atoms with Gasteiger partial charge in [0.05, 0.1) is 19.6 Å². The van der Waals surface area contributed by atoms with Gasteiger partial charge in [-0.2, -0.15) is 0 Å². The van der Waals surface area contributed by atoms with E-state index in [0.717, 1.165) is 11.6 Å². The van der Waals surface area contributed by atoms with E-state index in [9.17, 15) is 23.2 Å². The molecule has 220 valence electrons. The van der Waals surface area contributed by atoms with E-state index in [1.54, 1.807) is 34.0 Å². The first-order valence-electron chi connectivity index (χ1n) is 13.8. The Balaban J connectivity index is 1.21.